The predicted octanol–water partition coefficient (Wildman–Crippen LogP) is 2.35. The fraction of sp³-hybridized carbons (Fsp3) is 0.368. The first-order chi connectivity index (χ1) is 11.7. The summed E-state index contributed by atoms with van der Waals surface area (Å²) in [5.74, 6) is -0.0881. The van der Waals surface area contributed by atoms with Crippen molar-refractivity contribution in [3.05, 3.63) is 59.4 Å². The highest BCUT2D eigenvalue weighted by molar-refractivity contribution is 5.91. The molecular formula is C19H24N4O. The normalized spacial score (nSPS) is 15.2. The van der Waals surface area contributed by atoms with Crippen molar-refractivity contribution in [1.29, 1.82) is 0 Å². The molecule has 2 aromatic rings. The molecule has 24 heavy (non-hydrogen) atoms. The van der Waals surface area contributed by atoms with Crippen LogP contribution in [0.2, 0.25) is 0 Å². The Hall–Kier alpha value is -2.40. The van der Waals surface area contributed by atoms with Gasteiger partial charge in [0.25, 0.3) is 0 Å². The van der Waals surface area contributed by atoms with Gasteiger partial charge in [0.2, 0.25) is 5.91 Å². The molecule has 1 aliphatic rings. The van der Waals surface area contributed by atoms with Gasteiger partial charge in [0.1, 0.15) is 0 Å². The topological polar surface area (TPSA) is 50.2 Å². The van der Waals surface area contributed by atoms with Gasteiger partial charge >= 0.3 is 0 Å². The summed E-state index contributed by atoms with van der Waals surface area (Å²) < 4.78 is 1.71. The summed E-state index contributed by atoms with van der Waals surface area (Å²) in [6, 6.07) is 8.35. The smallest absolute Gasteiger partial charge is 0.244 e. The maximum absolute atomic E-state index is 12.0. The molecule has 1 N–H and O–H groups in total. The first kappa shape index (κ1) is 16.5. The molecule has 1 saturated heterocycles. The highest BCUT2D eigenvalue weighted by Crippen LogP contribution is 2.16. The van der Waals surface area contributed by atoms with Crippen LogP contribution in [0, 0.1) is 0 Å². The van der Waals surface area contributed by atoms with Crippen molar-refractivity contribution >= 4 is 12.0 Å². The van der Waals surface area contributed by atoms with Crippen molar-refractivity contribution in [3.8, 4) is 0 Å². The summed E-state index contributed by atoms with van der Waals surface area (Å²) in [4.78, 5) is 14.5. The first-order valence-corrected chi connectivity index (χ1v) is 8.44. The fourth-order valence-corrected chi connectivity index (χ4v) is 3.01. The van der Waals surface area contributed by atoms with E-state index in [-0.39, 0.29) is 5.91 Å². The Morgan fingerprint density at radius 2 is 2.00 bits per heavy atom. The Morgan fingerprint density at radius 1 is 1.25 bits per heavy atom. The molecule has 1 aromatic carbocycles. The van der Waals surface area contributed by atoms with Gasteiger partial charge < -0.3 is 5.32 Å². The van der Waals surface area contributed by atoms with E-state index in [1.54, 1.807) is 23.0 Å². The predicted molar refractivity (Wildman–Crippen MR) is 95.0 cm³/mol. The number of aryl methyl sites for hydroxylation is 1. The van der Waals surface area contributed by atoms with Crippen LogP contribution in [0.15, 0.2) is 42.7 Å². The van der Waals surface area contributed by atoms with Crippen molar-refractivity contribution in [1.82, 2.24) is 20.0 Å². The minimum atomic E-state index is -0.0881. The number of carbonyl (C=O) groups is 1. The van der Waals surface area contributed by atoms with E-state index in [4.69, 9.17) is 0 Å². The molecule has 0 radical (unpaired) electrons. The maximum atomic E-state index is 12.0. The number of hydrogen-bond donors (Lipinski definition) is 1. The molecule has 1 aromatic heterocycles. The molecule has 1 amide bonds. The van der Waals surface area contributed by atoms with Crippen molar-refractivity contribution < 1.29 is 4.79 Å². The molecule has 0 atom stereocenters. The van der Waals surface area contributed by atoms with Gasteiger partial charge in [-0.15, -0.1) is 0 Å². The largest absolute Gasteiger partial charge is 0.348 e. The van der Waals surface area contributed by atoms with Gasteiger partial charge in [-0.05, 0) is 43.1 Å². The van der Waals surface area contributed by atoms with E-state index in [9.17, 15) is 4.79 Å². The van der Waals surface area contributed by atoms with E-state index in [1.165, 1.54) is 37.1 Å². The summed E-state index contributed by atoms with van der Waals surface area (Å²) in [6.45, 7) is 3.88. The van der Waals surface area contributed by atoms with Gasteiger partial charge in [-0.25, -0.2) is 0 Å². The summed E-state index contributed by atoms with van der Waals surface area (Å²) in [7, 11) is 1.86. The molecule has 0 aliphatic carbocycles. The van der Waals surface area contributed by atoms with Crippen LogP contribution in [0.5, 0.6) is 0 Å². The second-order valence-corrected chi connectivity index (χ2v) is 6.25. The van der Waals surface area contributed by atoms with Crippen LogP contribution in [-0.2, 0) is 24.9 Å². The number of nitrogens with one attached hydrogen (secondary N) is 1. The van der Waals surface area contributed by atoms with Gasteiger partial charge in [-0.1, -0.05) is 24.3 Å². The van der Waals surface area contributed by atoms with E-state index >= 15 is 0 Å². The lowest BCUT2D eigenvalue weighted by molar-refractivity contribution is -0.116. The lowest BCUT2D eigenvalue weighted by Crippen LogP contribution is -2.23. The van der Waals surface area contributed by atoms with Crippen LogP contribution in [0.3, 0.4) is 0 Å². The van der Waals surface area contributed by atoms with Crippen LogP contribution in [-0.4, -0.2) is 33.7 Å². The third-order valence-electron chi connectivity index (χ3n) is 4.32. The monoisotopic (exact) mass is 324 g/mol. The number of hydrogen-bond acceptors (Lipinski definition) is 3. The minimum Gasteiger partial charge on any atom is -0.348 e. The zero-order chi connectivity index (χ0) is 16.8. The van der Waals surface area contributed by atoms with Crippen molar-refractivity contribution in [2.24, 2.45) is 7.05 Å². The van der Waals surface area contributed by atoms with E-state index in [1.807, 2.05) is 19.3 Å². The lowest BCUT2D eigenvalue weighted by Gasteiger charge is -2.17. The molecule has 0 saturated carbocycles. The maximum Gasteiger partial charge on any atom is 0.244 e. The minimum absolute atomic E-state index is 0.0881. The number of carbonyl (C=O) groups excluding carboxylic acids is 1. The number of nitrogens with zero attached hydrogens (tertiary/aromatic N) is 3. The summed E-state index contributed by atoms with van der Waals surface area (Å²) in [5, 5.41) is 7.05. The molecule has 5 heteroatoms. The molecule has 0 unspecified atom stereocenters. The molecule has 126 valence electrons. The van der Waals surface area contributed by atoms with Crippen LogP contribution < -0.4 is 5.32 Å². The molecule has 2 heterocycles. The Kier molecular flexibility index (Phi) is 5.43. The van der Waals surface area contributed by atoms with Crippen LogP contribution in [0.25, 0.3) is 6.08 Å². The zero-order valence-electron chi connectivity index (χ0n) is 14.1. The molecular weight excluding hydrogens is 300 g/mol. The molecule has 1 aliphatic heterocycles. The number of aromatic nitrogens is 2. The molecule has 5 nitrogen and oxygen atoms in total. The van der Waals surface area contributed by atoms with Crippen LogP contribution >= 0.6 is 0 Å². The Labute approximate surface area is 143 Å². The molecule has 0 spiro atoms. The number of amides is 1. The van der Waals surface area contributed by atoms with Crippen LogP contribution in [0.4, 0.5) is 0 Å². The van der Waals surface area contributed by atoms with Gasteiger partial charge in [-0.3, -0.25) is 14.4 Å². The van der Waals surface area contributed by atoms with Crippen molar-refractivity contribution in [2.75, 3.05) is 13.1 Å². The van der Waals surface area contributed by atoms with Crippen molar-refractivity contribution in [2.45, 2.75) is 25.9 Å². The molecule has 3 rings (SSSR count). The Bertz CT molecular complexity index is 714. The Morgan fingerprint density at radius 3 is 2.71 bits per heavy atom. The highest BCUT2D eigenvalue weighted by Gasteiger charge is 2.13. The third kappa shape index (κ3) is 4.55. The quantitative estimate of drug-likeness (QED) is 0.830. The standard InChI is InChI=1S/C19H24N4O/c1-22-14-16(12-21-22)8-9-19(24)20-13-17-6-2-3-7-18(17)15-23-10-4-5-11-23/h2-3,6-9,12,14H,4-5,10-11,13,15H2,1H3,(H,20,24)/b9-8+. The fourth-order valence-electron chi connectivity index (χ4n) is 3.01. The van der Waals surface area contributed by atoms with E-state index in [2.05, 4.69) is 33.5 Å². The van der Waals surface area contributed by atoms with E-state index < -0.39 is 0 Å². The highest BCUT2D eigenvalue weighted by atomic mass is 16.1. The van der Waals surface area contributed by atoms with Gasteiger partial charge in [-0.2, -0.15) is 5.10 Å². The Balaban J connectivity index is 1.55. The average molecular weight is 324 g/mol. The molecule has 0 bridgehead atoms. The van der Waals surface area contributed by atoms with Gasteiger partial charge in [0, 0.05) is 38.0 Å². The lowest BCUT2D eigenvalue weighted by atomic mass is 10.1. The number of benzene rings is 1. The SMILES string of the molecule is Cn1cc(/C=C/C(=O)NCc2ccccc2CN2CCCC2)cn1. The second kappa shape index (κ2) is 7.93. The number of likely N-dealkylation sites (tertiary alicyclic amines) is 1. The number of rotatable bonds is 6. The van der Waals surface area contributed by atoms with Gasteiger partial charge in [0.15, 0.2) is 0 Å². The second-order valence-electron chi connectivity index (χ2n) is 6.25. The average Bonchev–Trinajstić information content (AvgIpc) is 3.24. The summed E-state index contributed by atoms with van der Waals surface area (Å²) in [6.07, 6.45) is 9.51. The van der Waals surface area contributed by atoms with E-state index in [0.29, 0.717) is 6.54 Å². The van der Waals surface area contributed by atoms with Gasteiger partial charge in [0.05, 0.1) is 6.20 Å². The molecule has 1 fully saturated rings. The first-order valence-electron chi connectivity index (χ1n) is 8.44. The van der Waals surface area contributed by atoms with Crippen molar-refractivity contribution in [3.63, 3.8) is 0 Å². The van der Waals surface area contributed by atoms with E-state index in [0.717, 1.165) is 12.1 Å². The summed E-state index contributed by atoms with van der Waals surface area (Å²) in [5.41, 5.74) is 3.41. The third-order valence-corrected chi connectivity index (χ3v) is 4.32. The van der Waals surface area contributed by atoms with Crippen LogP contribution in [0.1, 0.15) is 29.5 Å². The zero-order valence-corrected chi connectivity index (χ0v) is 14.1. The summed E-state index contributed by atoms with van der Waals surface area (Å²) >= 11 is 0.